The molecule has 1 aliphatic carbocycles. The second-order valence-corrected chi connectivity index (χ2v) is 14.9. The second-order valence-electron chi connectivity index (χ2n) is 14.9. The first-order valence-electron chi connectivity index (χ1n) is 19.1. The lowest BCUT2D eigenvalue weighted by molar-refractivity contribution is 1.39. The summed E-state index contributed by atoms with van der Waals surface area (Å²) in [4.78, 5) is 20.8. The third-order valence-corrected chi connectivity index (χ3v) is 11.9. The highest BCUT2D eigenvalue weighted by Crippen LogP contribution is 2.54. The van der Waals surface area contributed by atoms with Crippen molar-refractivity contribution in [1.29, 1.82) is 0 Å². The smallest absolute Gasteiger partial charge is 0.0973 e. The van der Waals surface area contributed by atoms with Crippen LogP contribution in [0.25, 0.3) is 132 Å². The van der Waals surface area contributed by atoms with Crippen LogP contribution in [0.4, 0.5) is 0 Å². The molecule has 4 nitrogen and oxygen atoms in total. The molecule has 2 aromatic heterocycles. The minimum absolute atomic E-state index is 0.878. The summed E-state index contributed by atoms with van der Waals surface area (Å²) in [6.45, 7) is 0. The van der Waals surface area contributed by atoms with Gasteiger partial charge in [-0.15, -0.1) is 0 Å². The van der Waals surface area contributed by atoms with Gasteiger partial charge in [-0.2, -0.15) is 0 Å². The van der Waals surface area contributed by atoms with Gasteiger partial charge in [0, 0.05) is 11.1 Å². The van der Waals surface area contributed by atoms with Crippen LogP contribution in [-0.4, -0.2) is 19.9 Å². The van der Waals surface area contributed by atoms with Gasteiger partial charge in [-0.3, -0.25) is 0 Å². The summed E-state index contributed by atoms with van der Waals surface area (Å²) in [5.74, 6) is 0. The van der Waals surface area contributed by atoms with Gasteiger partial charge in [0.1, 0.15) is 0 Å². The van der Waals surface area contributed by atoms with E-state index in [-0.39, 0.29) is 0 Å². The van der Waals surface area contributed by atoms with Gasteiger partial charge in [0.15, 0.2) is 0 Å². The van der Waals surface area contributed by atoms with Crippen LogP contribution < -0.4 is 0 Å². The Kier molecular flexibility index (Phi) is 5.86. The van der Waals surface area contributed by atoms with Crippen LogP contribution in [0.15, 0.2) is 170 Å². The average Bonchev–Trinajstić information content (AvgIpc) is 3.56. The minimum atomic E-state index is 0.878. The molecule has 0 amide bonds. The molecule has 0 atom stereocenters. The molecule has 0 N–H and O–H groups in total. The second kappa shape index (κ2) is 11.0. The van der Waals surface area contributed by atoms with E-state index in [0.29, 0.717) is 0 Å². The molecule has 13 rings (SSSR count). The third-order valence-electron chi connectivity index (χ3n) is 11.9. The average molecular weight is 709 g/mol. The Balaban J connectivity index is 1.23. The molecule has 0 bridgehead atoms. The Hall–Kier alpha value is -7.56. The van der Waals surface area contributed by atoms with E-state index in [1.165, 1.54) is 54.6 Å². The normalized spacial score (nSPS) is 12.3. The summed E-state index contributed by atoms with van der Waals surface area (Å²) in [6, 6.07) is 60.8. The van der Waals surface area contributed by atoms with E-state index in [1.807, 2.05) is 36.4 Å². The number of para-hydroxylation sites is 6. The Morgan fingerprint density at radius 1 is 0.250 bits per heavy atom. The van der Waals surface area contributed by atoms with Crippen LogP contribution >= 0.6 is 0 Å². The van der Waals surface area contributed by atoms with Gasteiger partial charge in [-0.1, -0.05) is 115 Å². The molecule has 256 valence electrons. The first-order valence-corrected chi connectivity index (χ1v) is 19.1. The number of benzene rings is 10. The van der Waals surface area contributed by atoms with Crippen molar-refractivity contribution >= 4 is 87.2 Å². The zero-order valence-corrected chi connectivity index (χ0v) is 30.0. The van der Waals surface area contributed by atoms with Crippen molar-refractivity contribution in [2.24, 2.45) is 0 Å². The van der Waals surface area contributed by atoms with Crippen LogP contribution in [0, 0.1) is 0 Å². The lowest BCUT2D eigenvalue weighted by Crippen LogP contribution is -1.96. The van der Waals surface area contributed by atoms with Gasteiger partial charge < -0.3 is 0 Å². The predicted octanol–water partition coefficient (Wildman–Crippen LogP) is 13.5. The van der Waals surface area contributed by atoms with Crippen LogP contribution in [0.2, 0.25) is 0 Å². The molecule has 10 aromatic carbocycles. The Labute approximate surface area is 320 Å². The maximum absolute atomic E-state index is 5.31. The summed E-state index contributed by atoms with van der Waals surface area (Å²) in [6.07, 6.45) is 0. The number of hydrogen-bond donors (Lipinski definition) is 0. The molecule has 2 heterocycles. The fourth-order valence-corrected chi connectivity index (χ4v) is 9.54. The fraction of sp³-hybridized carbons (Fsp3) is 0. The predicted molar refractivity (Wildman–Crippen MR) is 233 cm³/mol. The first-order chi connectivity index (χ1) is 27.8. The van der Waals surface area contributed by atoms with Crippen molar-refractivity contribution in [2.75, 3.05) is 0 Å². The van der Waals surface area contributed by atoms with E-state index in [2.05, 4.69) is 133 Å². The highest BCUT2D eigenvalue weighted by Gasteiger charge is 2.27. The molecule has 0 aliphatic heterocycles. The number of fused-ring (bicyclic) bond motifs is 11. The van der Waals surface area contributed by atoms with Gasteiger partial charge >= 0.3 is 0 Å². The molecule has 4 heteroatoms. The SMILES string of the molecule is c1ccc2c(c1)cc1c3c(cccc32)-c2cc3c(-c4cccc5nc6ccccc6nc45)c4ccccc4c(-c4cccc5nc6ccccc6nc45)c3cc2-1. The van der Waals surface area contributed by atoms with Crippen molar-refractivity contribution < 1.29 is 0 Å². The van der Waals surface area contributed by atoms with E-state index in [0.717, 1.165) is 77.2 Å². The molecule has 0 radical (unpaired) electrons. The Morgan fingerprint density at radius 3 is 1.27 bits per heavy atom. The van der Waals surface area contributed by atoms with Crippen LogP contribution in [0.3, 0.4) is 0 Å². The first kappa shape index (κ1) is 29.8. The van der Waals surface area contributed by atoms with Gasteiger partial charge in [0.05, 0.1) is 44.1 Å². The molecule has 0 unspecified atom stereocenters. The van der Waals surface area contributed by atoms with Crippen molar-refractivity contribution in [1.82, 2.24) is 19.9 Å². The lowest BCUT2D eigenvalue weighted by Gasteiger charge is -2.20. The zero-order chi connectivity index (χ0) is 36.5. The van der Waals surface area contributed by atoms with E-state index < -0.39 is 0 Å². The summed E-state index contributed by atoms with van der Waals surface area (Å²) < 4.78 is 0. The standard InChI is InChI=1S/C52H28N4/c1-2-13-30-29(12-1)26-39-38-28-41-40(27-37(38)34-17-9-16-31(30)48(34)39)49(35-18-10-24-46-51(35)55-44-22-7-5-20-42(44)53-46)32-14-3-4-15-33(32)50(41)36-19-11-25-47-52(36)56-45-23-8-6-21-43(45)54-47/h1-28H. The maximum Gasteiger partial charge on any atom is 0.0973 e. The van der Waals surface area contributed by atoms with E-state index in [4.69, 9.17) is 19.9 Å². The zero-order valence-electron chi connectivity index (χ0n) is 30.0. The largest absolute Gasteiger partial charge is 0.244 e. The van der Waals surface area contributed by atoms with Crippen molar-refractivity contribution in [3.8, 4) is 44.5 Å². The van der Waals surface area contributed by atoms with Gasteiger partial charge in [-0.05, 0) is 131 Å². The molecule has 1 aliphatic rings. The minimum Gasteiger partial charge on any atom is -0.244 e. The van der Waals surface area contributed by atoms with Crippen molar-refractivity contribution in [2.45, 2.75) is 0 Å². The highest BCUT2D eigenvalue weighted by atomic mass is 14.8. The highest BCUT2D eigenvalue weighted by molar-refractivity contribution is 6.29. The number of rotatable bonds is 2. The maximum atomic E-state index is 5.31. The van der Waals surface area contributed by atoms with Crippen LogP contribution in [-0.2, 0) is 0 Å². The van der Waals surface area contributed by atoms with Crippen LogP contribution in [0.5, 0.6) is 0 Å². The summed E-state index contributed by atoms with van der Waals surface area (Å²) >= 11 is 0. The van der Waals surface area contributed by atoms with E-state index >= 15 is 0 Å². The third kappa shape index (κ3) is 4.02. The quantitative estimate of drug-likeness (QED) is 0.132. The Bertz CT molecular complexity index is 3720. The molecular formula is C52H28N4. The van der Waals surface area contributed by atoms with Crippen molar-refractivity contribution in [3.63, 3.8) is 0 Å². The van der Waals surface area contributed by atoms with Crippen molar-refractivity contribution in [3.05, 3.63) is 170 Å². The topological polar surface area (TPSA) is 51.6 Å². The molecule has 0 spiro atoms. The molecular weight excluding hydrogens is 681 g/mol. The number of nitrogens with zero attached hydrogens (tertiary/aromatic N) is 4. The lowest BCUT2D eigenvalue weighted by atomic mass is 9.83. The fourth-order valence-electron chi connectivity index (χ4n) is 9.54. The molecule has 0 saturated heterocycles. The van der Waals surface area contributed by atoms with Gasteiger partial charge in [0.25, 0.3) is 0 Å². The number of hydrogen-bond acceptors (Lipinski definition) is 4. The Morgan fingerprint density at radius 2 is 0.679 bits per heavy atom. The van der Waals surface area contributed by atoms with Gasteiger partial charge in [0.2, 0.25) is 0 Å². The molecule has 0 fully saturated rings. The van der Waals surface area contributed by atoms with Gasteiger partial charge in [-0.25, -0.2) is 19.9 Å². The summed E-state index contributed by atoms with van der Waals surface area (Å²) in [7, 11) is 0. The monoisotopic (exact) mass is 708 g/mol. The van der Waals surface area contributed by atoms with E-state index in [1.54, 1.807) is 0 Å². The molecule has 12 aromatic rings. The summed E-state index contributed by atoms with van der Waals surface area (Å²) in [5, 5.41) is 9.77. The summed E-state index contributed by atoms with van der Waals surface area (Å²) in [5.41, 5.74) is 16.6. The number of aromatic nitrogens is 4. The van der Waals surface area contributed by atoms with Crippen LogP contribution in [0.1, 0.15) is 0 Å². The van der Waals surface area contributed by atoms with E-state index in [9.17, 15) is 0 Å². The molecule has 0 saturated carbocycles. The molecule has 56 heavy (non-hydrogen) atoms.